The van der Waals surface area contributed by atoms with Crippen LogP contribution in [0.1, 0.15) is 32.3 Å². The standard InChI is InChI=1S/C15H21FN2O/c1-15(2,12-7-3-4-8-13(12)16)18-14(19)11-6-5-9-17-10-11/h3-4,7-8,11,17H,5-6,9-10H2,1-2H3,(H,18,19). The maximum Gasteiger partial charge on any atom is 0.225 e. The van der Waals surface area contributed by atoms with Gasteiger partial charge in [0.15, 0.2) is 0 Å². The first-order valence-electron chi connectivity index (χ1n) is 6.78. The molecule has 1 amide bonds. The molecule has 3 nitrogen and oxygen atoms in total. The van der Waals surface area contributed by atoms with Crippen LogP contribution in [0.25, 0.3) is 0 Å². The van der Waals surface area contributed by atoms with E-state index in [0.717, 1.165) is 19.4 Å². The first-order valence-corrected chi connectivity index (χ1v) is 6.78. The SMILES string of the molecule is CC(C)(NC(=O)C1CCCNC1)c1ccccc1F. The molecule has 1 aromatic rings. The summed E-state index contributed by atoms with van der Waals surface area (Å²) < 4.78 is 13.8. The molecule has 1 saturated heterocycles. The van der Waals surface area contributed by atoms with E-state index in [4.69, 9.17) is 0 Å². The lowest BCUT2D eigenvalue weighted by atomic mass is 9.91. The molecule has 0 saturated carbocycles. The highest BCUT2D eigenvalue weighted by atomic mass is 19.1. The lowest BCUT2D eigenvalue weighted by Gasteiger charge is -2.31. The number of hydrogen-bond acceptors (Lipinski definition) is 2. The summed E-state index contributed by atoms with van der Waals surface area (Å²) >= 11 is 0. The predicted molar refractivity (Wildman–Crippen MR) is 73.2 cm³/mol. The van der Waals surface area contributed by atoms with Gasteiger partial charge < -0.3 is 10.6 Å². The van der Waals surface area contributed by atoms with Gasteiger partial charge in [-0.3, -0.25) is 4.79 Å². The fourth-order valence-corrected chi connectivity index (χ4v) is 2.52. The van der Waals surface area contributed by atoms with E-state index in [9.17, 15) is 9.18 Å². The lowest BCUT2D eigenvalue weighted by molar-refractivity contribution is -0.127. The third-order valence-electron chi connectivity index (χ3n) is 3.65. The largest absolute Gasteiger partial charge is 0.347 e. The lowest BCUT2D eigenvalue weighted by Crippen LogP contribution is -2.48. The number of piperidine rings is 1. The normalized spacial score (nSPS) is 20.1. The summed E-state index contributed by atoms with van der Waals surface area (Å²) in [6.45, 7) is 5.35. The van der Waals surface area contributed by atoms with Gasteiger partial charge in [-0.2, -0.15) is 0 Å². The zero-order chi connectivity index (χ0) is 13.9. The average molecular weight is 264 g/mol. The van der Waals surface area contributed by atoms with Crippen molar-refractivity contribution >= 4 is 5.91 Å². The van der Waals surface area contributed by atoms with E-state index in [1.165, 1.54) is 6.07 Å². The van der Waals surface area contributed by atoms with Crippen LogP contribution in [0.2, 0.25) is 0 Å². The van der Waals surface area contributed by atoms with E-state index < -0.39 is 5.54 Å². The maximum absolute atomic E-state index is 13.8. The van der Waals surface area contributed by atoms with Crippen LogP contribution in [0.3, 0.4) is 0 Å². The smallest absolute Gasteiger partial charge is 0.225 e. The summed E-state index contributed by atoms with van der Waals surface area (Å²) in [6, 6.07) is 6.58. The number of benzene rings is 1. The van der Waals surface area contributed by atoms with Crippen LogP contribution in [-0.2, 0) is 10.3 Å². The minimum Gasteiger partial charge on any atom is -0.347 e. The zero-order valence-corrected chi connectivity index (χ0v) is 11.5. The van der Waals surface area contributed by atoms with Crippen LogP contribution >= 0.6 is 0 Å². The van der Waals surface area contributed by atoms with E-state index in [0.29, 0.717) is 12.1 Å². The average Bonchev–Trinajstić information content (AvgIpc) is 2.39. The Morgan fingerprint density at radius 1 is 1.42 bits per heavy atom. The Kier molecular flexibility index (Phi) is 4.20. The number of carbonyl (C=O) groups excluding carboxylic acids is 1. The molecule has 1 unspecified atom stereocenters. The van der Waals surface area contributed by atoms with Crippen LogP contribution in [0, 0.1) is 11.7 Å². The summed E-state index contributed by atoms with van der Waals surface area (Å²) in [7, 11) is 0. The third-order valence-corrected chi connectivity index (χ3v) is 3.65. The predicted octanol–water partition coefficient (Wildman–Crippen LogP) is 2.18. The Morgan fingerprint density at radius 2 is 2.16 bits per heavy atom. The van der Waals surface area contributed by atoms with Crippen molar-refractivity contribution in [1.82, 2.24) is 10.6 Å². The Balaban J connectivity index is 2.08. The van der Waals surface area contributed by atoms with Crippen molar-refractivity contribution in [1.29, 1.82) is 0 Å². The van der Waals surface area contributed by atoms with Crippen LogP contribution in [0.15, 0.2) is 24.3 Å². The molecule has 0 aliphatic carbocycles. The van der Waals surface area contributed by atoms with E-state index in [-0.39, 0.29) is 17.6 Å². The molecular weight excluding hydrogens is 243 g/mol. The zero-order valence-electron chi connectivity index (χ0n) is 11.5. The minimum absolute atomic E-state index is 0.000420. The van der Waals surface area contributed by atoms with Gasteiger partial charge in [-0.1, -0.05) is 18.2 Å². The van der Waals surface area contributed by atoms with E-state index >= 15 is 0 Å². The minimum atomic E-state index is -0.695. The second kappa shape index (κ2) is 5.70. The Morgan fingerprint density at radius 3 is 2.79 bits per heavy atom. The summed E-state index contributed by atoms with van der Waals surface area (Å²) in [5, 5.41) is 6.18. The van der Waals surface area contributed by atoms with E-state index in [2.05, 4.69) is 10.6 Å². The summed E-state index contributed by atoms with van der Waals surface area (Å²) in [6.07, 6.45) is 1.91. The van der Waals surface area contributed by atoms with Crippen molar-refractivity contribution < 1.29 is 9.18 Å². The molecular formula is C15H21FN2O. The molecule has 4 heteroatoms. The number of carbonyl (C=O) groups is 1. The second-order valence-electron chi connectivity index (χ2n) is 5.64. The van der Waals surface area contributed by atoms with Gasteiger partial charge in [-0.15, -0.1) is 0 Å². The van der Waals surface area contributed by atoms with Crippen molar-refractivity contribution in [3.05, 3.63) is 35.6 Å². The van der Waals surface area contributed by atoms with Crippen molar-refractivity contribution in [2.75, 3.05) is 13.1 Å². The fourth-order valence-electron chi connectivity index (χ4n) is 2.52. The monoisotopic (exact) mass is 264 g/mol. The Hall–Kier alpha value is -1.42. The van der Waals surface area contributed by atoms with Crippen LogP contribution in [0.4, 0.5) is 4.39 Å². The molecule has 0 spiro atoms. The van der Waals surface area contributed by atoms with Crippen molar-refractivity contribution in [2.45, 2.75) is 32.2 Å². The van der Waals surface area contributed by atoms with E-state index in [1.807, 2.05) is 13.8 Å². The fraction of sp³-hybridized carbons (Fsp3) is 0.533. The van der Waals surface area contributed by atoms with Gasteiger partial charge in [0, 0.05) is 12.1 Å². The number of halogens is 1. The molecule has 1 aromatic carbocycles. The Bertz CT molecular complexity index is 453. The van der Waals surface area contributed by atoms with Gasteiger partial charge in [0.1, 0.15) is 5.82 Å². The molecule has 1 fully saturated rings. The van der Waals surface area contributed by atoms with Crippen molar-refractivity contribution in [2.24, 2.45) is 5.92 Å². The number of hydrogen-bond donors (Lipinski definition) is 2. The highest BCUT2D eigenvalue weighted by Gasteiger charge is 2.29. The van der Waals surface area contributed by atoms with Gasteiger partial charge >= 0.3 is 0 Å². The number of nitrogens with one attached hydrogen (secondary N) is 2. The molecule has 1 aliphatic heterocycles. The first-order chi connectivity index (χ1) is 9.00. The van der Waals surface area contributed by atoms with Crippen molar-refractivity contribution in [3.63, 3.8) is 0 Å². The topological polar surface area (TPSA) is 41.1 Å². The maximum atomic E-state index is 13.8. The molecule has 1 aliphatic rings. The quantitative estimate of drug-likeness (QED) is 0.878. The number of amides is 1. The molecule has 0 radical (unpaired) electrons. The molecule has 19 heavy (non-hydrogen) atoms. The highest BCUT2D eigenvalue weighted by molar-refractivity contribution is 5.80. The summed E-state index contributed by atoms with van der Waals surface area (Å²) in [5.74, 6) is -0.296. The van der Waals surface area contributed by atoms with Gasteiger partial charge in [-0.25, -0.2) is 4.39 Å². The number of rotatable bonds is 3. The molecule has 2 rings (SSSR count). The van der Waals surface area contributed by atoms with Gasteiger partial charge in [0.2, 0.25) is 5.91 Å². The highest BCUT2D eigenvalue weighted by Crippen LogP contribution is 2.24. The van der Waals surface area contributed by atoms with Crippen LogP contribution in [-0.4, -0.2) is 19.0 Å². The Labute approximate surface area is 113 Å². The third kappa shape index (κ3) is 3.32. The molecule has 104 valence electrons. The van der Waals surface area contributed by atoms with Gasteiger partial charge in [0.25, 0.3) is 0 Å². The van der Waals surface area contributed by atoms with Gasteiger partial charge in [-0.05, 0) is 39.3 Å². The molecule has 0 bridgehead atoms. The van der Waals surface area contributed by atoms with Gasteiger partial charge in [0.05, 0.1) is 11.5 Å². The molecule has 1 atom stereocenters. The molecule has 2 N–H and O–H groups in total. The molecule has 0 aromatic heterocycles. The summed E-state index contributed by atoms with van der Waals surface area (Å²) in [5.41, 5.74) is -0.174. The second-order valence-corrected chi connectivity index (χ2v) is 5.64. The van der Waals surface area contributed by atoms with Crippen molar-refractivity contribution in [3.8, 4) is 0 Å². The molecule has 1 heterocycles. The van der Waals surface area contributed by atoms with Crippen LogP contribution in [0.5, 0.6) is 0 Å². The van der Waals surface area contributed by atoms with Crippen LogP contribution < -0.4 is 10.6 Å². The summed E-state index contributed by atoms with van der Waals surface area (Å²) in [4.78, 5) is 12.2. The first kappa shape index (κ1) is 14.0. The van der Waals surface area contributed by atoms with E-state index in [1.54, 1.807) is 18.2 Å².